The van der Waals surface area contributed by atoms with Gasteiger partial charge < -0.3 is 24.8 Å². The largest absolute Gasteiger partial charge is 0.493 e. The molecule has 27 heavy (non-hydrogen) atoms. The molecular formula is C20H36IN3O3. The molecule has 0 spiro atoms. The first-order valence-electron chi connectivity index (χ1n) is 9.15. The van der Waals surface area contributed by atoms with Crippen LogP contribution >= 0.6 is 24.0 Å². The zero-order valence-corrected chi connectivity index (χ0v) is 20.1. The summed E-state index contributed by atoms with van der Waals surface area (Å²) in [5.74, 6) is 2.69. The summed E-state index contributed by atoms with van der Waals surface area (Å²) >= 11 is 0. The topological polar surface area (TPSA) is 64.1 Å². The number of nitrogens with one attached hydrogen (secondary N) is 2. The van der Waals surface area contributed by atoms with Gasteiger partial charge in [0.05, 0.1) is 27.9 Å². The molecule has 0 unspecified atom stereocenters. The molecule has 1 aromatic rings. The van der Waals surface area contributed by atoms with E-state index in [9.17, 15) is 0 Å². The molecule has 0 amide bonds. The van der Waals surface area contributed by atoms with Crippen LogP contribution in [-0.2, 0) is 6.54 Å². The molecule has 0 fully saturated rings. The van der Waals surface area contributed by atoms with E-state index < -0.39 is 0 Å². The summed E-state index contributed by atoms with van der Waals surface area (Å²) in [6, 6.07) is 3.85. The van der Waals surface area contributed by atoms with Gasteiger partial charge >= 0.3 is 0 Å². The van der Waals surface area contributed by atoms with E-state index in [1.165, 1.54) is 6.42 Å². The van der Waals surface area contributed by atoms with Crippen LogP contribution in [0.15, 0.2) is 17.1 Å². The Kier molecular flexibility index (Phi) is 12.2. The van der Waals surface area contributed by atoms with Crippen molar-refractivity contribution in [2.45, 2.75) is 47.1 Å². The smallest absolute Gasteiger partial charge is 0.203 e. The van der Waals surface area contributed by atoms with Crippen molar-refractivity contribution in [2.24, 2.45) is 10.4 Å². The fourth-order valence-corrected chi connectivity index (χ4v) is 2.56. The number of benzene rings is 1. The Morgan fingerprint density at radius 3 is 2.04 bits per heavy atom. The maximum Gasteiger partial charge on any atom is 0.203 e. The minimum atomic E-state index is 0. The molecule has 1 rings (SSSR count). The van der Waals surface area contributed by atoms with E-state index in [1.54, 1.807) is 21.3 Å². The average molecular weight is 493 g/mol. The lowest BCUT2D eigenvalue weighted by molar-refractivity contribution is 0.324. The molecule has 0 radical (unpaired) electrons. The number of aliphatic imine (C=N–C) groups is 1. The Hall–Kier alpha value is -1.38. The Labute approximate surface area is 181 Å². The fourth-order valence-electron chi connectivity index (χ4n) is 2.56. The fraction of sp³-hybridized carbons (Fsp3) is 0.650. The first kappa shape index (κ1) is 25.6. The van der Waals surface area contributed by atoms with Gasteiger partial charge in [0.2, 0.25) is 5.75 Å². The van der Waals surface area contributed by atoms with E-state index >= 15 is 0 Å². The number of nitrogens with zero attached hydrogens (tertiary/aromatic N) is 1. The van der Waals surface area contributed by atoms with E-state index in [1.807, 2.05) is 12.1 Å². The van der Waals surface area contributed by atoms with Crippen molar-refractivity contribution in [3.63, 3.8) is 0 Å². The van der Waals surface area contributed by atoms with Gasteiger partial charge in [-0.1, -0.05) is 20.8 Å². The molecule has 7 heteroatoms. The Balaban J connectivity index is 0.00000676. The van der Waals surface area contributed by atoms with Crippen LogP contribution < -0.4 is 24.8 Å². The number of halogens is 1. The van der Waals surface area contributed by atoms with Gasteiger partial charge in [-0.05, 0) is 42.9 Å². The Bertz CT molecular complexity index is 561. The van der Waals surface area contributed by atoms with Crippen LogP contribution in [0.2, 0.25) is 0 Å². The zero-order chi connectivity index (χ0) is 19.6. The summed E-state index contributed by atoms with van der Waals surface area (Å²) in [6.07, 6.45) is 2.28. The third-order valence-corrected chi connectivity index (χ3v) is 3.88. The van der Waals surface area contributed by atoms with E-state index in [4.69, 9.17) is 14.2 Å². The second-order valence-electron chi connectivity index (χ2n) is 7.32. The van der Waals surface area contributed by atoms with E-state index in [0.29, 0.717) is 29.2 Å². The molecule has 2 N–H and O–H groups in total. The van der Waals surface area contributed by atoms with Crippen LogP contribution in [0.25, 0.3) is 0 Å². The summed E-state index contributed by atoms with van der Waals surface area (Å²) < 4.78 is 16.2. The van der Waals surface area contributed by atoms with Gasteiger partial charge in [0, 0.05) is 13.1 Å². The van der Waals surface area contributed by atoms with Gasteiger partial charge in [0.15, 0.2) is 17.5 Å². The lowest BCUT2D eigenvalue weighted by Gasteiger charge is -2.18. The summed E-state index contributed by atoms with van der Waals surface area (Å²) in [7, 11) is 4.83. The van der Waals surface area contributed by atoms with Crippen LogP contribution in [0, 0.1) is 5.41 Å². The lowest BCUT2D eigenvalue weighted by atomic mass is 9.91. The molecule has 0 aliphatic rings. The van der Waals surface area contributed by atoms with Crippen LogP contribution in [0.5, 0.6) is 17.2 Å². The van der Waals surface area contributed by atoms with Crippen molar-refractivity contribution in [3.05, 3.63) is 17.7 Å². The first-order chi connectivity index (χ1) is 12.3. The van der Waals surface area contributed by atoms with Gasteiger partial charge in [-0.2, -0.15) is 0 Å². The molecule has 0 saturated carbocycles. The Morgan fingerprint density at radius 2 is 1.59 bits per heavy atom. The third-order valence-electron chi connectivity index (χ3n) is 3.88. The number of rotatable bonds is 9. The quantitative estimate of drug-likeness (QED) is 0.234. The molecule has 156 valence electrons. The minimum absolute atomic E-state index is 0. The summed E-state index contributed by atoms with van der Waals surface area (Å²) in [6.45, 7) is 11.1. The predicted molar refractivity (Wildman–Crippen MR) is 123 cm³/mol. The molecule has 1 aromatic carbocycles. The lowest BCUT2D eigenvalue weighted by Crippen LogP contribution is -2.38. The summed E-state index contributed by atoms with van der Waals surface area (Å²) in [4.78, 5) is 4.67. The molecule has 0 atom stereocenters. The molecule has 0 aliphatic carbocycles. The summed E-state index contributed by atoms with van der Waals surface area (Å²) in [5, 5.41) is 6.68. The number of methoxy groups -OCH3 is 3. The normalized spacial score (nSPS) is 11.4. The molecule has 0 saturated heterocycles. The molecule has 6 nitrogen and oxygen atoms in total. The number of guanidine groups is 1. The highest BCUT2D eigenvalue weighted by molar-refractivity contribution is 14.0. The molecule has 0 bridgehead atoms. The second-order valence-corrected chi connectivity index (χ2v) is 7.32. The van der Waals surface area contributed by atoms with Crippen molar-refractivity contribution in [1.29, 1.82) is 0 Å². The van der Waals surface area contributed by atoms with Gasteiger partial charge in [0.25, 0.3) is 0 Å². The molecule has 0 aromatic heterocycles. The van der Waals surface area contributed by atoms with Gasteiger partial charge in [-0.25, -0.2) is 4.99 Å². The van der Waals surface area contributed by atoms with E-state index in [-0.39, 0.29) is 24.0 Å². The van der Waals surface area contributed by atoms with Gasteiger partial charge in [-0.15, -0.1) is 24.0 Å². The molecular weight excluding hydrogens is 457 g/mol. The standard InChI is InChI=1S/C20H35N3O3.HI/c1-8-21-19(22-11-9-10-20(2,3)4)23-14-15-12-16(24-5)18(26-7)17(13-15)25-6;/h12-13H,8-11,14H2,1-7H3,(H2,21,22,23);1H. The van der Waals surface area contributed by atoms with Crippen LogP contribution in [0.1, 0.15) is 46.1 Å². The maximum atomic E-state index is 5.40. The minimum Gasteiger partial charge on any atom is -0.493 e. The summed E-state index contributed by atoms with van der Waals surface area (Å²) in [5.41, 5.74) is 1.35. The van der Waals surface area contributed by atoms with Crippen molar-refractivity contribution >= 4 is 29.9 Å². The monoisotopic (exact) mass is 493 g/mol. The molecule has 0 heterocycles. The predicted octanol–water partition coefficient (Wildman–Crippen LogP) is 4.21. The van der Waals surface area contributed by atoms with Crippen molar-refractivity contribution < 1.29 is 14.2 Å². The highest BCUT2D eigenvalue weighted by Gasteiger charge is 2.13. The zero-order valence-electron chi connectivity index (χ0n) is 17.8. The third kappa shape index (κ3) is 9.39. The number of hydrogen-bond donors (Lipinski definition) is 2. The van der Waals surface area contributed by atoms with Crippen molar-refractivity contribution in [1.82, 2.24) is 10.6 Å². The average Bonchev–Trinajstić information content (AvgIpc) is 2.61. The maximum absolute atomic E-state index is 5.40. The number of hydrogen-bond acceptors (Lipinski definition) is 4. The van der Waals surface area contributed by atoms with Gasteiger partial charge in [-0.3, -0.25) is 0 Å². The van der Waals surface area contributed by atoms with E-state index in [0.717, 1.165) is 31.0 Å². The van der Waals surface area contributed by atoms with Crippen LogP contribution in [0.4, 0.5) is 0 Å². The first-order valence-corrected chi connectivity index (χ1v) is 9.15. The highest BCUT2D eigenvalue weighted by atomic mass is 127. The molecule has 0 aliphatic heterocycles. The highest BCUT2D eigenvalue weighted by Crippen LogP contribution is 2.38. The second kappa shape index (κ2) is 12.9. The SMILES string of the molecule is CCNC(=NCc1cc(OC)c(OC)c(OC)c1)NCCCC(C)(C)C.I. The number of ether oxygens (including phenoxy) is 3. The van der Waals surface area contributed by atoms with Crippen molar-refractivity contribution in [3.8, 4) is 17.2 Å². The van der Waals surface area contributed by atoms with Crippen molar-refractivity contribution in [2.75, 3.05) is 34.4 Å². The van der Waals surface area contributed by atoms with E-state index in [2.05, 4.69) is 43.3 Å². The van der Waals surface area contributed by atoms with Gasteiger partial charge in [0.1, 0.15) is 0 Å². The Morgan fingerprint density at radius 1 is 1.00 bits per heavy atom. The van der Waals surface area contributed by atoms with Crippen LogP contribution in [-0.4, -0.2) is 40.4 Å². The van der Waals surface area contributed by atoms with Crippen LogP contribution in [0.3, 0.4) is 0 Å².